The highest BCUT2D eigenvalue weighted by Gasteiger charge is 2.14. The summed E-state index contributed by atoms with van der Waals surface area (Å²) in [6.45, 7) is 4.54. The van der Waals surface area contributed by atoms with E-state index in [1.54, 1.807) is 29.2 Å². The van der Waals surface area contributed by atoms with E-state index in [0.717, 1.165) is 6.08 Å². The molecular weight excluding hydrogens is 519 g/mol. The Bertz CT molecular complexity index is 1240. The van der Waals surface area contributed by atoms with Crippen LogP contribution in [0.1, 0.15) is 6.42 Å². The van der Waals surface area contributed by atoms with Crippen molar-refractivity contribution in [2.24, 2.45) is 0 Å². The van der Waals surface area contributed by atoms with Gasteiger partial charge in [0.2, 0.25) is 11.8 Å². The standard InChI is InChI=1S/C24H26BrFN6O3/c1-4-22(33)30-20-11-16-19(12-21(20)35-9-5-8-27-23(34)13-32(2)3)28-14-29-24(16)31-18-7-6-15(25)10-17(18)26/h4,6-7,10-12,14H,1,5,8-9,13H2,2-3H3,(H,27,34)(H,30,33)(H,28,29,31). The predicted octanol–water partition coefficient (Wildman–Crippen LogP) is 3.85. The van der Waals surface area contributed by atoms with Crippen molar-refractivity contribution in [2.75, 3.05) is 44.4 Å². The number of ether oxygens (including phenoxy) is 1. The number of carbonyl (C=O) groups excluding carboxylic acids is 2. The van der Waals surface area contributed by atoms with Crippen LogP contribution in [0, 0.1) is 5.82 Å². The molecule has 1 aromatic heterocycles. The lowest BCUT2D eigenvalue weighted by Crippen LogP contribution is -2.34. The first-order chi connectivity index (χ1) is 16.8. The minimum absolute atomic E-state index is 0.0708. The van der Waals surface area contributed by atoms with Gasteiger partial charge in [0.1, 0.15) is 23.7 Å². The Morgan fingerprint density at radius 3 is 2.71 bits per heavy atom. The number of rotatable bonds is 11. The molecule has 184 valence electrons. The minimum Gasteiger partial charge on any atom is -0.491 e. The molecule has 9 nitrogen and oxygen atoms in total. The fraction of sp³-hybridized carbons (Fsp3) is 0.250. The fourth-order valence-electron chi connectivity index (χ4n) is 3.13. The second-order valence-corrected chi connectivity index (χ2v) is 8.74. The quantitative estimate of drug-likeness (QED) is 0.248. The lowest BCUT2D eigenvalue weighted by atomic mass is 10.1. The third-order valence-corrected chi connectivity index (χ3v) is 5.22. The SMILES string of the molecule is C=CC(=O)Nc1cc2c(Nc3ccc(Br)cc3F)ncnc2cc1OCCCNC(=O)CN(C)C. The summed E-state index contributed by atoms with van der Waals surface area (Å²) >= 11 is 3.24. The number of anilines is 3. The summed E-state index contributed by atoms with van der Waals surface area (Å²) in [6.07, 6.45) is 3.06. The lowest BCUT2D eigenvalue weighted by Gasteiger charge is -2.15. The molecule has 0 aliphatic carbocycles. The summed E-state index contributed by atoms with van der Waals surface area (Å²) in [7, 11) is 3.64. The fourth-order valence-corrected chi connectivity index (χ4v) is 3.46. The van der Waals surface area contributed by atoms with Gasteiger partial charge >= 0.3 is 0 Å². The van der Waals surface area contributed by atoms with E-state index in [-0.39, 0.29) is 11.6 Å². The molecule has 0 fully saturated rings. The zero-order chi connectivity index (χ0) is 25.4. The number of fused-ring (bicyclic) bond motifs is 1. The van der Waals surface area contributed by atoms with Crippen molar-refractivity contribution in [3.8, 4) is 5.75 Å². The molecule has 11 heteroatoms. The highest BCUT2D eigenvalue weighted by atomic mass is 79.9. The number of nitrogens with one attached hydrogen (secondary N) is 3. The molecule has 0 saturated heterocycles. The molecule has 3 rings (SSSR count). The summed E-state index contributed by atoms with van der Waals surface area (Å²) in [6, 6.07) is 7.96. The Balaban J connectivity index is 1.81. The third-order valence-electron chi connectivity index (χ3n) is 4.72. The summed E-state index contributed by atoms with van der Waals surface area (Å²) in [5, 5.41) is 9.07. The monoisotopic (exact) mass is 544 g/mol. The van der Waals surface area contributed by atoms with Crippen LogP contribution in [0.15, 0.2) is 53.8 Å². The van der Waals surface area contributed by atoms with Crippen molar-refractivity contribution >= 4 is 55.8 Å². The molecule has 2 aromatic carbocycles. The Morgan fingerprint density at radius 1 is 1.20 bits per heavy atom. The molecule has 1 heterocycles. The Hall–Kier alpha value is -3.57. The van der Waals surface area contributed by atoms with Gasteiger partial charge in [-0.3, -0.25) is 9.59 Å². The normalized spacial score (nSPS) is 10.8. The summed E-state index contributed by atoms with van der Waals surface area (Å²) in [5.74, 6) is -0.190. The molecule has 0 aliphatic rings. The number of halogens is 2. The average molecular weight is 545 g/mol. The van der Waals surface area contributed by atoms with Crippen LogP contribution < -0.4 is 20.7 Å². The van der Waals surface area contributed by atoms with Crippen molar-refractivity contribution < 1.29 is 18.7 Å². The van der Waals surface area contributed by atoms with E-state index in [9.17, 15) is 14.0 Å². The van der Waals surface area contributed by atoms with Crippen molar-refractivity contribution in [3.63, 3.8) is 0 Å². The zero-order valence-electron chi connectivity index (χ0n) is 19.4. The average Bonchev–Trinajstić information content (AvgIpc) is 2.80. The van der Waals surface area contributed by atoms with Crippen molar-refractivity contribution in [3.05, 3.63) is 59.6 Å². The van der Waals surface area contributed by atoms with Gasteiger partial charge in [-0.15, -0.1) is 0 Å². The van der Waals surface area contributed by atoms with Gasteiger partial charge in [-0.25, -0.2) is 14.4 Å². The first-order valence-electron chi connectivity index (χ1n) is 10.8. The zero-order valence-corrected chi connectivity index (χ0v) is 21.0. The summed E-state index contributed by atoms with van der Waals surface area (Å²) in [4.78, 5) is 34.1. The van der Waals surface area contributed by atoms with E-state index in [4.69, 9.17) is 4.74 Å². The van der Waals surface area contributed by atoms with Gasteiger partial charge in [0.25, 0.3) is 0 Å². The number of carbonyl (C=O) groups is 2. The van der Waals surface area contributed by atoms with Crippen LogP contribution in [-0.4, -0.2) is 60.5 Å². The Labute approximate surface area is 210 Å². The van der Waals surface area contributed by atoms with Crippen LogP contribution in [0.3, 0.4) is 0 Å². The Kier molecular flexibility index (Phi) is 9.10. The first kappa shape index (κ1) is 26.0. The number of nitrogens with zero attached hydrogens (tertiary/aromatic N) is 3. The number of likely N-dealkylation sites (N-methyl/N-ethyl adjacent to an activating group) is 1. The smallest absolute Gasteiger partial charge is 0.247 e. The van der Waals surface area contributed by atoms with E-state index in [1.165, 1.54) is 12.4 Å². The molecule has 2 amide bonds. The maximum absolute atomic E-state index is 14.4. The molecule has 0 spiro atoms. The highest BCUT2D eigenvalue weighted by molar-refractivity contribution is 9.10. The van der Waals surface area contributed by atoms with Gasteiger partial charge in [0, 0.05) is 22.5 Å². The topological polar surface area (TPSA) is 108 Å². The highest BCUT2D eigenvalue weighted by Crippen LogP contribution is 2.34. The second kappa shape index (κ2) is 12.2. The summed E-state index contributed by atoms with van der Waals surface area (Å²) < 4.78 is 20.9. The number of hydrogen-bond acceptors (Lipinski definition) is 7. The molecule has 0 bridgehead atoms. The van der Waals surface area contributed by atoms with Crippen LogP contribution in [-0.2, 0) is 9.59 Å². The molecule has 3 aromatic rings. The van der Waals surface area contributed by atoms with Gasteiger partial charge < -0.3 is 25.6 Å². The van der Waals surface area contributed by atoms with Gasteiger partial charge in [-0.2, -0.15) is 0 Å². The molecule has 0 unspecified atom stereocenters. The predicted molar refractivity (Wildman–Crippen MR) is 137 cm³/mol. The number of aromatic nitrogens is 2. The van der Waals surface area contributed by atoms with E-state index < -0.39 is 11.7 Å². The lowest BCUT2D eigenvalue weighted by molar-refractivity contribution is -0.121. The minimum atomic E-state index is -0.455. The van der Waals surface area contributed by atoms with Gasteiger partial charge in [-0.1, -0.05) is 22.5 Å². The van der Waals surface area contributed by atoms with Crippen molar-refractivity contribution in [1.82, 2.24) is 20.2 Å². The molecule has 0 aliphatic heterocycles. The van der Waals surface area contributed by atoms with Crippen molar-refractivity contribution in [2.45, 2.75) is 6.42 Å². The van der Waals surface area contributed by atoms with Crippen LogP contribution in [0.4, 0.5) is 21.6 Å². The van der Waals surface area contributed by atoms with Crippen LogP contribution in [0.5, 0.6) is 5.75 Å². The van der Waals surface area contributed by atoms with Gasteiger partial charge in [0.05, 0.1) is 30.0 Å². The van der Waals surface area contributed by atoms with E-state index in [0.29, 0.717) is 58.7 Å². The van der Waals surface area contributed by atoms with E-state index in [2.05, 4.69) is 48.4 Å². The van der Waals surface area contributed by atoms with Crippen LogP contribution >= 0.6 is 15.9 Å². The van der Waals surface area contributed by atoms with Gasteiger partial charge in [0.15, 0.2) is 0 Å². The molecule has 0 saturated carbocycles. The van der Waals surface area contributed by atoms with E-state index >= 15 is 0 Å². The largest absolute Gasteiger partial charge is 0.491 e. The van der Waals surface area contributed by atoms with E-state index in [1.807, 2.05) is 14.1 Å². The maximum atomic E-state index is 14.4. The number of amides is 2. The first-order valence-corrected chi connectivity index (χ1v) is 11.5. The molecule has 3 N–H and O–H groups in total. The molecular formula is C24H26BrFN6O3. The van der Waals surface area contributed by atoms with Crippen molar-refractivity contribution in [1.29, 1.82) is 0 Å². The molecule has 0 radical (unpaired) electrons. The van der Waals surface area contributed by atoms with Gasteiger partial charge in [-0.05, 0) is 50.9 Å². The van der Waals surface area contributed by atoms with Crippen LogP contribution in [0.25, 0.3) is 10.9 Å². The molecule has 0 atom stereocenters. The second-order valence-electron chi connectivity index (χ2n) is 7.82. The Morgan fingerprint density at radius 2 is 2.00 bits per heavy atom. The summed E-state index contributed by atoms with van der Waals surface area (Å²) in [5.41, 5.74) is 1.15. The maximum Gasteiger partial charge on any atom is 0.247 e. The van der Waals surface area contributed by atoms with Crippen LogP contribution in [0.2, 0.25) is 0 Å². The number of benzene rings is 2. The number of hydrogen-bond donors (Lipinski definition) is 3. The third kappa shape index (κ3) is 7.46. The molecule has 35 heavy (non-hydrogen) atoms.